The van der Waals surface area contributed by atoms with Crippen LogP contribution in [0.4, 0.5) is 11.6 Å². The van der Waals surface area contributed by atoms with Crippen LogP contribution < -0.4 is 15.5 Å². The monoisotopic (exact) mass is 423 g/mol. The van der Waals surface area contributed by atoms with Crippen molar-refractivity contribution in [2.75, 3.05) is 16.8 Å². The van der Waals surface area contributed by atoms with Crippen LogP contribution in [0.2, 0.25) is 0 Å². The Hall–Kier alpha value is -2.51. The number of anilines is 2. The van der Waals surface area contributed by atoms with Gasteiger partial charge < -0.3 is 15.7 Å². The van der Waals surface area contributed by atoms with Crippen LogP contribution in [0.3, 0.4) is 0 Å². The van der Waals surface area contributed by atoms with Gasteiger partial charge >= 0.3 is 0 Å². The fraction of sp³-hybridized carbons (Fsp3) is 0.542. The van der Waals surface area contributed by atoms with Gasteiger partial charge in [-0.15, -0.1) is 0 Å². The zero-order valence-electron chi connectivity index (χ0n) is 18.4. The van der Waals surface area contributed by atoms with Gasteiger partial charge in [-0.2, -0.15) is 0 Å². The molecule has 7 heteroatoms. The minimum atomic E-state index is -0.779. The molecule has 166 valence electrons. The molecule has 2 fully saturated rings. The van der Waals surface area contributed by atoms with Crippen LogP contribution in [0.25, 0.3) is 0 Å². The quantitative estimate of drug-likeness (QED) is 0.634. The standard InChI is InChI=1S/C24H33N5O2/c1-24(2,18-15-21(30)29(22(18)31)17-9-4-3-5-10-17)16-27-19-11-6-7-12-20(19)28-23-25-13-8-14-26-23/h3-5,8-10,13-14,18-21,27,30H,6-7,11-12,15-16H2,1-2H3,(H,25,26,28)/t18-,19+,20+,21?/m0/s1. The molecule has 1 aliphatic heterocycles. The number of nitrogens with one attached hydrogen (secondary N) is 2. The van der Waals surface area contributed by atoms with Gasteiger partial charge in [0.25, 0.3) is 0 Å². The molecule has 1 unspecified atom stereocenters. The summed E-state index contributed by atoms with van der Waals surface area (Å²) < 4.78 is 0. The van der Waals surface area contributed by atoms with Crippen LogP contribution in [0.1, 0.15) is 46.0 Å². The maximum atomic E-state index is 13.2. The number of amides is 1. The molecule has 1 aromatic carbocycles. The van der Waals surface area contributed by atoms with Crippen molar-refractivity contribution in [2.24, 2.45) is 11.3 Å². The average molecular weight is 424 g/mol. The van der Waals surface area contributed by atoms with E-state index in [1.807, 2.05) is 36.4 Å². The molecule has 0 radical (unpaired) electrons. The first-order valence-electron chi connectivity index (χ1n) is 11.3. The first-order chi connectivity index (χ1) is 15.0. The van der Waals surface area contributed by atoms with Crippen LogP contribution in [-0.2, 0) is 4.79 Å². The number of rotatable bonds is 7. The third-order valence-electron chi connectivity index (χ3n) is 6.72. The van der Waals surface area contributed by atoms with E-state index in [2.05, 4.69) is 34.4 Å². The van der Waals surface area contributed by atoms with Crippen LogP contribution in [-0.4, -0.2) is 45.8 Å². The first kappa shape index (κ1) is 21.7. The normalized spacial score (nSPS) is 26.8. The fourth-order valence-corrected chi connectivity index (χ4v) is 4.88. The van der Waals surface area contributed by atoms with Crippen molar-refractivity contribution < 1.29 is 9.90 Å². The van der Waals surface area contributed by atoms with E-state index < -0.39 is 6.23 Å². The molecule has 2 aromatic rings. The summed E-state index contributed by atoms with van der Waals surface area (Å²) in [5.74, 6) is 0.428. The number of nitrogens with zero attached hydrogens (tertiary/aromatic N) is 3. The lowest BCUT2D eigenvalue weighted by atomic mass is 9.77. The zero-order chi connectivity index (χ0) is 21.8. The molecular formula is C24H33N5O2. The number of benzene rings is 1. The van der Waals surface area contributed by atoms with Crippen molar-refractivity contribution >= 4 is 17.5 Å². The molecule has 3 N–H and O–H groups in total. The number of hydrogen-bond donors (Lipinski definition) is 3. The van der Waals surface area contributed by atoms with E-state index in [4.69, 9.17) is 0 Å². The second kappa shape index (κ2) is 9.32. The predicted molar refractivity (Wildman–Crippen MR) is 122 cm³/mol. The third kappa shape index (κ3) is 4.88. The SMILES string of the molecule is CC(C)(CN[C@@H]1CCCC[C@H]1Nc1ncccn1)[C@H]1CC(O)N(c2ccccc2)C1=O. The highest BCUT2D eigenvalue weighted by Gasteiger charge is 2.47. The van der Waals surface area contributed by atoms with Gasteiger partial charge in [-0.1, -0.05) is 44.9 Å². The Bertz CT molecular complexity index is 861. The lowest BCUT2D eigenvalue weighted by Crippen LogP contribution is -2.50. The predicted octanol–water partition coefficient (Wildman–Crippen LogP) is 3.19. The summed E-state index contributed by atoms with van der Waals surface area (Å²) in [5, 5.41) is 17.8. The van der Waals surface area contributed by atoms with Crippen molar-refractivity contribution in [3.05, 3.63) is 48.8 Å². The number of aromatic nitrogens is 2. The van der Waals surface area contributed by atoms with Crippen LogP contribution >= 0.6 is 0 Å². The Morgan fingerprint density at radius 3 is 2.45 bits per heavy atom. The van der Waals surface area contributed by atoms with Crippen molar-refractivity contribution in [3.8, 4) is 0 Å². The summed E-state index contributed by atoms with van der Waals surface area (Å²) in [5.41, 5.74) is 0.470. The van der Waals surface area contributed by atoms with Crippen molar-refractivity contribution in [1.29, 1.82) is 0 Å². The number of aliphatic hydroxyl groups excluding tert-OH is 1. The number of carbonyl (C=O) groups excluding carboxylic acids is 1. The third-order valence-corrected chi connectivity index (χ3v) is 6.72. The average Bonchev–Trinajstić information content (AvgIpc) is 3.09. The Labute approximate surface area is 184 Å². The second-order valence-corrected chi connectivity index (χ2v) is 9.40. The first-order valence-corrected chi connectivity index (χ1v) is 11.3. The molecule has 1 amide bonds. The summed E-state index contributed by atoms with van der Waals surface area (Å²) in [6.45, 7) is 4.95. The van der Waals surface area contributed by atoms with Crippen molar-refractivity contribution in [1.82, 2.24) is 15.3 Å². The molecule has 1 aliphatic carbocycles. The van der Waals surface area contributed by atoms with E-state index in [0.29, 0.717) is 25.0 Å². The minimum absolute atomic E-state index is 0.00139. The molecular weight excluding hydrogens is 390 g/mol. The van der Waals surface area contributed by atoms with Gasteiger partial charge in [0.2, 0.25) is 11.9 Å². The Kier molecular flexibility index (Phi) is 6.53. The number of aliphatic hydroxyl groups is 1. The molecule has 1 saturated heterocycles. The van der Waals surface area contributed by atoms with Crippen LogP contribution in [0, 0.1) is 11.3 Å². The minimum Gasteiger partial charge on any atom is -0.373 e. The molecule has 2 aliphatic rings. The van der Waals surface area contributed by atoms with Gasteiger partial charge in [-0.05, 0) is 36.5 Å². The lowest BCUT2D eigenvalue weighted by molar-refractivity contribution is -0.123. The lowest BCUT2D eigenvalue weighted by Gasteiger charge is -2.37. The molecule has 4 rings (SSSR count). The highest BCUT2D eigenvalue weighted by Crippen LogP contribution is 2.39. The molecule has 1 aromatic heterocycles. The largest absolute Gasteiger partial charge is 0.373 e. The van der Waals surface area contributed by atoms with E-state index in [1.54, 1.807) is 17.3 Å². The van der Waals surface area contributed by atoms with Gasteiger partial charge in [0.15, 0.2) is 0 Å². The molecule has 7 nitrogen and oxygen atoms in total. The van der Waals surface area contributed by atoms with E-state index in [0.717, 1.165) is 18.5 Å². The maximum Gasteiger partial charge on any atom is 0.232 e. The van der Waals surface area contributed by atoms with E-state index in [9.17, 15) is 9.90 Å². The number of para-hydroxylation sites is 1. The van der Waals surface area contributed by atoms with Crippen LogP contribution in [0.5, 0.6) is 0 Å². The van der Waals surface area contributed by atoms with Gasteiger partial charge in [0.05, 0.1) is 0 Å². The Balaban J connectivity index is 1.40. The van der Waals surface area contributed by atoms with Gasteiger partial charge in [0.1, 0.15) is 6.23 Å². The van der Waals surface area contributed by atoms with Crippen molar-refractivity contribution in [2.45, 2.75) is 64.3 Å². The smallest absolute Gasteiger partial charge is 0.232 e. The molecule has 4 atom stereocenters. The van der Waals surface area contributed by atoms with E-state index in [1.165, 1.54) is 12.8 Å². The molecule has 2 heterocycles. The summed E-state index contributed by atoms with van der Waals surface area (Å²) in [4.78, 5) is 23.4. The highest BCUT2D eigenvalue weighted by atomic mass is 16.3. The summed E-state index contributed by atoms with van der Waals surface area (Å²) in [7, 11) is 0. The van der Waals surface area contributed by atoms with Gasteiger partial charge in [-0.25, -0.2) is 9.97 Å². The molecule has 0 bridgehead atoms. The van der Waals surface area contributed by atoms with Gasteiger partial charge in [0, 0.05) is 49.0 Å². The maximum absolute atomic E-state index is 13.2. The number of hydrogen-bond acceptors (Lipinski definition) is 6. The van der Waals surface area contributed by atoms with E-state index >= 15 is 0 Å². The molecule has 31 heavy (non-hydrogen) atoms. The Morgan fingerprint density at radius 1 is 1.06 bits per heavy atom. The molecule has 1 saturated carbocycles. The number of carbonyl (C=O) groups is 1. The summed E-state index contributed by atoms with van der Waals surface area (Å²) in [6.07, 6.45) is 7.70. The summed E-state index contributed by atoms with van der Waals surface area (Å²) in [6, 6.07) is 11.8. The highest BCUT2D eigenvalue weighted by molar-refractivity contribution is 5.98. The van der Waals surface area contributed by atoms with E-state index in [-0.39, 0.29) is 23.3 Å². The molecule has 0 spiro atoms. The van der Waals surface area contributed by atoms with Gasteiger partial charge in [-0.3, -0.25) is 9.69 Å². The summed E-state index contributed by atoms with van der Waals surface area (Å²) >= 11 is 0. The zero-order valence-corrected chi connectivity index (χ0v) is 18.4. The van der Waals surface area contributed by atoms with Crippen molar-refractivity contribution in [3.63, 3.8) is 0 Å². The second-order valence-electron chi connectivity index (χ2n) is 9.40. The fourth-order valence-electron chi connectivity index (χ4n) is 4.88. The Morgan fingerprint density at radius 2 is 1.74 bits per heavy atom. The topological polar surface area (TPSA) is 90.4 Å². The van der Waals surface area contributed by atoms with Crippen LogP contribution in [0.15, 0.2) is 48.8 Å².